The molecule has 0 aliphatic heterocycles. The van der Waals surface area contributed by atoms with E-state index in [-0.39, 0.29) is 5.69 Å². The molecule has 1 N–H and O–H groups in total. The van der Waals surface area contributed by atoms with Gasteiger partial charge in [0.15, 0.2) is 0 Å². The Morgan fingerprint density at radius 3 is 2.53 bits per heavy atom. The normalized spacial score (nSPS) is 10.2. The highest BCUT2D eigenvalue weighted by molar-refractivity contribution is 6.02. The quantitative estimate of drug-likeness (QED) is 0.714. The largest absolute Gasteiger partial charge is 0.545 e. The number of anilines is 1. The maximum atomic E-state index is 13.0. The number of amides is 1. The molecule has 78 valence electrons. The van der Waals surface area contributed by atoms with Crippen LogP contribution in [0.2, 0.25) is 0 Å². The molecule has 0 aliphatic carbocycles. The predicted octanol–water partition coefficient (Wildman–Crippen LogP) is 0.0703. The second kappa shape index (κ2) is 4.90. The van der Waals surface area contributed by atoms with E-state index in [0.717, 1.165) is 6.08 Å². The zero-order valence-corrected chi connectivity index (χ0v) is 7.57. The van der Waals surface area contributed by atoms with E-state index < -0.39 is 17.7 Å². The van der Waals surface area contributed by atoms with Crippen LogP contribution in [0.25, 0.3) is 0 Å². The number of carboxylic acid groups (broad SMARTS) is 1. The Bertz CT molecular complexity index is 415. The van der Waals surface area contributed by atoms with Crippen LogP contribution in [0.3, 0.4) is 0 Å². The van der Waals surface area contributed by atoms with Gasteiger partial charge >= 0.3 is 0 Å². The smallest absolute Gasteiger partial charge is 0.248 e. The molecular weight excluding hydrogens is 201 g/mol. The van der Waals surface area contributed by atoms with Gasteiger partial charge in [-0.15, -0.1) is 0 Å². The molecule has 0 saturated heterocycles. The van der Waals surface area contributed by atoms with Crippen LogP contribution in [0.4, 0.5) is 10.1 Å². The fraction of sp³-hybridized carbons (Fsp3) is 0. The van der Waals surface area contributed by atoms with Crippen LogP contribution in [0.1, 0.15) is 0 Å². The molecule has 5 heteroatoms. The number of carboxylic acids is 1. The Labute approximate surface area is 85.0 Å². The lowest BCUT2D eigenvalue weighted by molar-refractivity contribution is -0.297. The summed E-state index contributed by atoms with van der Waals surface area (Å²) in [6.45, 7) is 0. The first kappa shape index (κ1) is 10.9. The van der Waals surface area contributed by atoms with Crippen molar-refractivity contribution in [2.24, 2.45) is 0 Å². The highest BCUT2D eigenvalue weighted by atomic mass is 19.1. The molecule has 0 fully saturated rings. The van der Waals surface area contributed by atoms with E-state index in [2.05, 4.69) is 5.32 Å². The number of nitrogens with one attached hydrogen (secondary N) is 1. The highest BCUT2D eigenvalue weighted by Crippen LogP contribution is 2.11. The Balaban J connectivity index is 2.67. The molecule has 0 atom stereocenters. The van der Waals surface area contributed by atoms with Crippen LogP contribution in [-0.4, -0.2) is 11.9 Å². The van der Waals surface area contributed by atoms with Crippen molar-refractivity contribution in [2.75, 3.05) is 5.32 Å². The van der Waals surface area contributed by atoms with Crippen LogP contribution in [0.15, 0.2) is 36.4 Å². The maximum Gasteiger partial charge on any atom is 0.248 e. The highest BCUT2D eigenvalue weighted by Gasteiger charge is 2.02. The Kier molecular flexibility index (Phi) is 3.56. The van der Waals surface area contributed by atoms with Gasteiger partial charge in [-0.2, -0.15) is 0 Å². The molecule has 15 heavy (non-hydrogen) atoms. The maximum absolute atomic E-state index is 13.0. The second-order valence-electron chi connectivity index (χ2n) is 2.62. The molecular formula is C10H7FNO3-. The molecule has 1 rings (SSSR count). The summed E-state index contributed by atoms with van der Waals surface area (Å²) >= 11 is 0. The standard InChI is InChI=1S/C10H8FNO3/c11-7-3-1-2-4-8(7)12-9(13)5-6-10(14)15/h1-6H,(H,12,13)(H,14,15)/p-1/b6-5-. The van der Waals surface area contributed by atoms with Gasteiger partial charge < -0.3 is 15.2 Å². The lowest BCUT2D eigenvalue weighted by Crippen LogP contribution is -2.20. The Morgan fingerprint density at radius 1 is 1.27 bits per heavy atom. The number of hydrogen-bond acceptors (Lipinski definition) is 3. The van der Waals surface area contributed by atoms with Gasteiger partial charge in [0.1, 0.15) is 5.82 Å². The first-order valence-electron chi connectivity index (χ1n) is 4.04. The molecule has 0 aromatic heterocycles. The minimum atomic E-state index is -1.49. The number of benzene rings is 1. The van der Waals surface area contributed by atoms with E-state index in [0.29, 0.717) is 6.08 Å². The van der Waals surface area contributed by atoms with Crippen LogP contribution >= 0.6 is 0 Å². The first-order chi connectivity index (χ1) is 7.09. The first-order valence-corrected chi connectivity index (χ1v) is 4.04. The third-order valence-electron chi connectivity index (χ3n) is 1.50. The van der Waals surface area contributed by atoms with Crippen molar-refractivity contribution in [3.05, 3.63) is 42.2 Å². The summed E-state index contributed by atoms with van der Waals surface area (Å²) in [5.41, 5.74) is -0.00880. The van der Waals surface area contributed by atoms with Crippen molar-refractivity contribution in [1.29, 1.82) is 0 Å². The fourth-order valence-corrected chi connectivity index (χ4v) is 0.881. The molecule has 0 aliphatic rings. The summed E-state index contributed by atoms with van der Waals surface area (Å²) in [5, 5.41) is 12.1. The van der Waals surface area contributed by atoms with Crippen molar-refractivity contribution in [1.82, 2.24) is 0 Å². The monoisotopic (exact) mass is 208 g/mol. The number of aliphatic carboxylic acids is 1. The third-order valence-corrected chi connectivity index (χ3v) is 1.50. The van der Waals surface area contributed by atoms with E-state index in [1.165, 1.54) is 18.2 Å². The zero-order valence-electron chi connectivity index (χ0n) is 7.57. The van der Waals surface area contributed by atoms with E-state index in [1.54, 1.807) is 6.07 Å². The van der Waals surface area contributed by atoms with Crippen molar-refractivity contribution < 1.29 is 19.1 Å². The third kappa shape index (κ3) is 3.60. The van der Waals surface area contributed by atoms with E-state index in [4.69, 9.17) is 0 Å². The van der Waals surface area contributed by atoms with Gasteiger partial charge in [-0.3, -0.25) is 4.79 Å². The fourth-order valence-electron chi connectivity index (χ4n) is 0.881. The molecule has 1 aromatic rings. The average molecular weight is 208 g/mol. The summed E-state index contributed by atoms with van der Waals surface area (Å²) in [6, 6.07) is 5.56. The summed E-state index contributed by atoms with van der Waals surface area (Å²) in [5.74, 6) is -2.81. The van der Waals surface area contributed by atoms with Crippen LogP contribution in [0, 0.1) is 5.82 Å². The van der Waals surface area contributed by atoms with Gasteiger partial charge in [0.2, 0.25) is 5.91 Å². The molecule has 4 nitrogen and oxygen atoms in total. The average Bonchev–Trinajstić information content (AvgIpc) is 2.18. The molecule has 1 aromatic carbocycles. The van der Waals surface area contributed by atoms with Gasteiger partial charge in [-0.25, -0.2) is 4.39 Å². The van der Waals surface area contributed by atoms with Crippen LogP contribution in [0.5, 0.6) is 0 Å². The molecule has 0 saturated carbocycles. The van der Waals surface area contributed by atoms with Crippen LogP contribution in [-0.2, 0) is 9.59 Å². The lowest BCUT2D eigenvalue weighted by Gasteiger charge is -2.02. The summed E-state index contributed by atoms with van der Waals surface area (Å²) in [7, 11) is 0. The number of rotatable bonds is 3. The molecule has 0 heterocycles. The minimum Gasteiger partial charge on any atom is -0.545 e. The molecule has 0 bridgehead atoms. The van der Waals surface area contributed by atoms with E-state index in [9.17, 15) is 19.1 Å². The number of para-hydroxylation sites is 1. The van der Waals surface area contributed by atoms with Gasteiger partial charge in [0.05, 0.1) is 11.7 Å². The van der Waals surface area contributed by atoms with Crippen molar-refractivity contribution in [3.8, 4) is 0 Å². The van der Waals surface area contributed by atoms with Crippen molar-refractivity contribution in [3.63, 3.8) is 0 Å². The van der Waals surface area contributed by atoms with E-state index in [1.807, 2.05) is 0 Å². The van der Waals surface area contributed by atoms with Crippen molar-refractivity contribution in [2.45, 2.75) is 0 Å². The number of hydrogen-bond donors (Lipinski definition) is 1. The molecule has 1 amide bonds. The number of carbonyl (C=O) groups excluding carboxylic acids is 2. The molecule has 0 radical (unpaired) electrons. The molecule has 0 unspecified atom stereocenters. The minimum absolute atomic E-state index is 0.00880. The van der Waals surface area contributed by atoms with Gasteiger partial charge in [0.25, 0.3) is 0 Å². The SMILES string of the molecule is O=C([O-])/C=C\C(=O)Nc1ccccc1F. The summed E-state index contributed by atoms with van der Waals surface area (Å²) in [6.07, 6.45) is 1.32. The predicted molar refractivity (Wildman–Crippen MR) is 49.2 cm³/mol. The van der Waals surface area contributed by atoms with Gasteiger partial charge in [0, 0.05) is 6.08 Å². The lowest BCUT2D eigenvalue weighted by atomic mass is 10.3. The van der Waals surface area contributed by atoms with Gasteiger partial charge in [-0.1, -0.05) is 12.1 Å². The number of carbonyl (C=O) groups is 2. The van der Waals surface area contributed by atoms with Crippen molar-refractivity contribution >= 4 is 17.6 Å². The summed E-state index contributed by atoms with van der Waals surface area (Å²) in [4.78, 5) is 21.0. The topological polar surface area (TPSA) is 69.2 Å². The second-order valence-corrected chi connectivity index (χ2v) is 2.62. The summed E-state index contributed by atoms with van der Waals surface area (Å²) < 4.78 is 13.0. The Morgan fingerprint density at radius 2 is 1.93 bits per heavy atom. The number of halogens is 1. The molecule has 0 spiro atoms. The van der Waals surface area contributed by atoms with Crippen LogP contribution < -0.4 is 10.4 Å². The zero-order chi connectivity index (χ0) is 11.3. The Hall–Kier alpha value is -2.17. The van der Waals surface area contributed by atoms with E-state index >= 15 is 0 Å². The van der Waals surface area contributed by atoms with Gasteiger partial charge in [-0.05, 0) is 18.2 Å².